The molecule has 0 spiro atoms. The van der Waals surface area contributed by atoms with Crippen molar-refractivity contribution in [3.8, 4) is 0 Å². The van der Waals surface area contributed by atoms with Crippen molar-refractivity contribution in [3.63, 3.8) is 0 Å². The molecule has 0 amide bonds. The van der Waals surface area contributed by atoms with E-state index < -0.39 is 0 Å². The Labute approximate surface area is 180 Å². The van der Waals surface area contributed by atoms with Crippen LogP contribution in [-0.2, 0) is 0 Å². The lowest BCUT2D eigenvalue weighted by atomic mass is 9.90. The van der Waals surface area contributed by atoms with Gasteiger partial charge in [-0.2, -0.15) is 0 Å². The van der Waals surface area contributed by atoms with Crippen molar-refractivity contribution in [1.29, 1.82) is 0 Å². The lowest BCUT2D eigenvalue weighted by molar-refractivity contribution is 0.253. The molecule has 2 rings (SSSR count). The third kappa shape index (κ3) is 9.63. The van der Waals surface area contributed by atoms with Crippen LogP contribution in [0.4, 0.5) is 0 Å². The number of unbranched alkanes of at least 4 members (excludes halogenated alkanes) is 8. The maximum Gasteiger partial charge on any atom is 0.0217 e. The largest absolute Gasteiger partial charge is 0.302 e. The molecular weight excluding hydrogens is 350 g/mol. The van der Waals surface area contributed by atoms with Crippen LogP contribution in [0.2, 0.25) is 0 Å². The molecule has 2 aromatic rings. The van der Waals surface area contributed by atoms with Crippen molar-refractivity contribution in [3.05, 3.63) is 71.8 Å². The van der Waals surface area contributed by atoms with Gasteiger partial charge in [-0.1, -0.05) is 126 Å². The minimum atomic E-state index is 0.462. The molecule has 160 valence electrons. The molecule has 0 aliphatic heterocycles. The van der Waals surface area contributed by atoms with E-state index in [2.05, 4.69) is 79.4 Å². The van der Waals surface area contributed by atoms with Gasteiger partial charge in [-0.25, -0.2) is 0 Å². The Bertz CT molecular complexity index is 553. The molecule has 0 aromatic heterocycles. The lowest BCUT2D eigenvalue weighted by Crippen LogP contribution is -2.31. The standard InChI is InChI=1S/C28H43N/c1-3-5-7-9-17-23-29(24-18-10-8-6-4-2)25-28(26-19-13-11-14-20-26)27-21-15-12-16-22-27/h11-16,19-22,28H,3-10,17-18,23-25H2,1-2H3. The van der Waals surface area contributed by atoms with E-state index in [0.29, 0.717) is 5.92 Å². The monoisotopic (exact) mass is 393 g/mol. The van der Waals surface area contributed by atoms with Gasteiger partial charge >= 0.3 is 0 Å². The molecule has 1 heteroatoms. The van der Waals surface area contributed by atoms with Crippen molar-refractivity contribution in [2.24, 2.45) is 0 Å². The Kier molecular flexibility index (Phi) is 12.5. The van der Waals surface area contributed by atoms with Crippen molar-refractivity contribution in [1.82, 2.24) is 4.90 Å². The van der Waals surface area contributed by atoms with E-state index in [1.54, 1.807) is 0 Å². The van der Waals surface area contributed by atoms with Gasteiger partial charge in [0.25, 0.3) is 0 Å². The molecule has 0 atom stereocenters. The first-order valence-electron chi connectivity index (χ1n) is 12.2. The normalized spacial score (nSPS) is 11.4. The van der Waals surface area contributed by atoms with Crippen LogP contribution in [0.1, 0.15) is 95.1 Å². The van der Waals surface area contributed by atoms with Gasteiger partial charge in [-0.05, 0) is 37.1 Å². The van der Waals surface area contributed by atoms with Crippen LogP contribution < -0.4 is 0 Å². The third-order valence-corrected chi connectivity index (χ3v) is 6.00. The Morgan fingerprint density at radius 1 is 0.552 bits per heavy atom. The lowest BCUT2D eigenvalue weighted by Gasteiger charge is -2.28. The van der Waals surface area contributed by atoms with Crippen molar-refractivity contribution in [2.75, 3.05) is 19.6 Å². The second kappa shape index (κ2) is 15.3. The van der Waals surface area contributed by atoms with Gasteiger partial charge in [0.15, 0.2) is 0 Å². The topological polar surface area (TPSA) is 3.24 Å². The van der Waals surface area contributed by atoms with E-state index in [-0.39, 0.29) is 0 Å². The maximum absolute atomic E-state index is 2.75. The first-order valence-corrected chi connectivity index (χ1v) is 12.2. The fourth-order valence-electron chi connectivity index (χ4n) is 4.20. The SMILES string of the molecule is CCCCCCCN(CCCCCCC)CC(c1ccccc1)c1ccccc1. The van der Waals surface area contributed by atoms with Crippen LogP contribution in [-0.4, -0.2) is 24.5 Å². The molecule has 0 heterocycles. The summed E-state index contributed by atoms with van der Waals surface area (Å²) in [7, 11) is 0. The fourth-order valence-corrected chi connectivity index (χ4v) is 4.20. The van der Waals surface area contributed by atoms with E-state index in [9.17, 15) is 0 Å². The number of hydrogen-bond acceptors (Lipinski definition) is 1. The van der Waals surface area contributed by atoms with Crippen LogP contribution >= 0.6 is 0 Å². The maximum atomic E-state index is 2.75. The minimum Gasteiger partial charge on any atom is -0.302 e. The van der Waals surface area contributed by atoms with E-state index in [4.69, 9.17) is 0 Å². The number of benzene rings is 2. The molecule has 0 radical (unpaired) electrons. The summed E-state index contributed by atoms with van der Waals surface area (Å²) in [5.41, 5.74) is 2.89. The predicted molar refractivity (Wildman–Crippen MR) is 129 cm³/mol. The molecule has 0 N–H and O–H groups in total. The molecule has 0 unspecified atom stereocenters. The van der Waals surface area contributed by atoms with Crippen LogP contribution in [0.5, 0.6) is 0 Å². The van der Waals surface area contributed by atoms with Crippen molar-refractivity contribution < 1.29 is 0 Å². The highest BCUT2D eigenvalue weighted by molar-refractivity contribution is 5.32. The van der Waals surface area contributed by atoms with Crippen LogP contribution in [0.25, 0.3) is 0 Å². The minimum absolute atomic E-state index is 0.462. The summed E-state index contributed by atoms with van der Waals surface area (Å²) in [5.74, 6) is 0.462. The first-order chi connectivity index (χ1) is 14.3. The van der Waals surface area contributed by atoms with Crippen molar-refractivity contribution in [2.45, 2.75) is 84.0 Å². The molecule has 0 aliphatic rings. The predicted octanol–water partition coefficient (Wildman–Crippen LogP) is 8.06. The Hall–Kier alpha value is -1.60. The molecule has 0 fully saturated rings. The Balaban J connectivity index is 2.02. The molecule has 0 saturated carbocycles. The third-order valence-electron chi connectivity index (χ3n) is 6.00. The number of hydrogen-bond donors (Lipinski definition) is 0. The molecular formula is C28H43N. The van der Waals surface area contributed by atoms with Crippen LogP contribution in [0, 0.1) is 0 Å². The van der Waals surface area contributed by atoms with Gasteiger partial charge in [-0.15, -0.1) is 0 Å². The highest BCUT2D eigenvalue weighted by Gasteiger charge is 2.18. The summed E-state index contributed by atoms with van der Waals surface area (Å²) in [5, 5.41) is 0. The second-order valence-electron chi connectivity index (χ2n) is 8.50. The zero-order chi connectivity index (χ0) is 20.6. The van der Waals surface area contributed by atoms with E-state index in [1.165, 1.54) is 88.4 Å². The van der Waals surface area contributed by atoms with Crippen molar-refractivity contribution >= 4 is 0 Å². The Morgan fingerprint density at radius 3 is 1.38 bits per heavy atom. The number of nitrogens with zero attached hydrogens (tertiary/aromatic N) is 1. The molecule has 29 heavy (non-hydrogen) atoms. The molecule has 1 nitrogen and oxygen atoms in total. The van der Waals surface area contributed by atoms with Gasteiger partial charge in [-0.3, -0.25) is 0 Å². The first kappa shape index (κ1) is 23.7. The number of rotatable bonds is 16. The quantitative estimate of drug-likeness (QED) is 0.261. The summed E-state index contributed by atoms with van der Waals surface area (Å²) in [6.07, 6.45) is 13.6. The zero-order valence-electron chi connectivity index (χ0n) is 19.0. The van der Waals surface area contributed by atoms with E-state index in [1.807, 2.05) is 0 Å². The van der Waals surface area contributed by atoms with Crippen LogP contribution in [0.3, 0.4) is 0 Å². The highest BCUT2D eigenvalue weighted by Crippen LogP contribution is 2.26. The van der Waals surface area contributed by atoms with E-state index in [0.717, 1.165) is 6.54 Å². The average molecular weight is 394 g/mol. The van der Waals surface area contributed by atoms with Gasteiger partial charge < -0.3 is 4.90 Å². The fraction of sp³-hybridized carbons (Fsp3) is 0.571. The summed E-state index contributed by atoms with van der Waals surface area (Å²) in [6.45, 7) is 8.22. The van der Waals surface area contributed by atoms with Crippen LogP contribution in [0.15, 0.2) is 60.7 Å². The molecule has 2 aromatic carbocycles. The van der Waals surface area contributed by atoms with Gasteiger partial charge in [0.05, 0.1) is 0 Å². The smallest absolute Gasteiger partial charge is 0.0217 e. The van der Waals surface area contributed by atoms with E-state index >= 15 is 0 Å². The van der Waals surface area contributed by atoms with Gasteiger partial charge in [0, 0.05) is 12.5 Å². The summed E-state index contributed by atoms with van der Waals surface area (Å²) < 4.78 is 0. The summed E-state index contributed by atoms with van der Waals surface area (Å²) >= 11 is 0. The average Bonchev–Trinajstić information content (AvgIpc) is 2.77. The summed E-state index contributed by atoms with van der Waals surface area (Å²) in [6, 6.07) is 22.2. The summed E-state index contributed by atoms with van der Waals surface area (Å²) in [4.78, 5) is 2.75. The molecule has 0 aliphatic carbocycles. The van der Waals surface area contributed by atoms with Gasteiger partial charge in [0.2, 0.25) is 0 Å². The highest BCUT2D eigenvalue weighted by atomic mass is 15.1. The molecule has 0 saturated heterocycles. The second-order valence-corrected chi connectivity index (χ2v) is 8.50. The molecule has 0 bridgehead atoms. The van der Waals surface area contributed by atoms with Gasteiger partial charge in [0.1, 0.15) is 0 Å². The zero-order valence-corrected chi connectivity index (χ0v) is 19.0. The Morgan fingerprint density at radius 2 is 0.966 bits per heavy atom.